The molecule has 16 heavy (non-hydrogen) atoms. The van der Waals surface area contributed by atoms with E-state index in [0.29, 0.717) is 11.8 Å². The molecule has 0 aliphatic carbocycles. The summed E-state index contributed by atoms with van der Waals surface area (Å²) in [5.41, 5.74) is 5.59. The molecule has 0 aliphatic heterocycles. The predicted molar refractivity (Wildman–Crippen MR) is 65.2 cm³/mol. The zero-order chi connectivity index (χ0) is 11.4. The molecule has 5 nitrogen and oxygen atoms in total. The summed E-state index contributed by atoms with van der Waals surface area (Å²) in [6.07, 6.45) is 4.36. The zero-order valence-corrected chi connectivity index (χ0v) is 9.74. The third-order valence-electron chi connectivity index (χ3n) is 2.14. The molecule has 0 aromatic carbocycles. The zero-order valence-electron chi connectivity index (χ0n) is 8.92. The average Bonchev–Trinajstić information content (AvgIpc) is 2.79. The van der Waals surface area contributed by atoms with Crippen LogP contribution in [0.5, 0.6) is 0 Å². The number of aromatic nitrogens is 3. The van der Waals surface area contributed by atoms with E-state index in [4.69, 9.17) is 5.73 Å². The minimum atomic E-state index is 0.141. The molecule has 1 unspecified atom stereocenters. The summed E-state index contributed by atoms with van der Waals surface area (Å²) >= 11 is 1.62. The Morgan fingerprint density at radius 1 is 1.44 bits per heavy atom. The molecular weight excluding hydrogens is 222 g/mol. The van der Waals surface area contributed by atoms with Crippen molar-refractivity contribution in [2.75, 3.05) is 11.1 Å². The van der Waals surface area contributed by atoms with Gasteiger partial charge in [-0.1, -0.05) is 6.92 Å². The molecule has 1 atom stereocenters. The Labute approximate surface area is 97.8 Å². The van der Waals surface area contributed by atoms with Gasteiger partial charge in [0.05, 0.1) is 6.04 Å². The van der Waals surface area contributed by atoms with Gasteiger partial charge in [0.1, 0.15) is 10.8 Å². The maximum absolute atomic E-state index is 5.59. The third-order valence-corrected chi connectivity index (χ3v) is 3.03. The fraction of sp³-hybridized carbons (Fsp3) is 0.300. The van der Waals surface area contributed by atoms with E-state index in [1.54, 1.807) is 29.8 Å². The summed E-state index contributed by atoms with van der Waals surface area (Å²) in [5.74, 6) is 1.01. The van der Waals surface area contributed by atoms with Crippen molar-refractivity contribution < 1.29 is 0 Å². The largest absolute Gasteiger partial charge is 0.384 e. The molecule has 2 rings (SSSR count). The normalized spacial score (nSPS) is 12.3. The molecule has 3 N–H and O–H groups in total. The highest BCUT2D eigenvalue weighted by molar-refractivity contribution is 7.09. The minimum absolute atomic E-state index is 0.141. The second-order valence-electron chi connectivity index (χ2n) is 3.28. The van der Waals surface area contributed by atoms with Crippen molar-refractivity contribution in [2.24, 2.45) is 0 Å². The number of nitrogens with zero attached hydrogens (tertiary/aromatic N) is 3. The lowest BCUT2D eigenvalue weighted by Crippen LogP contribution is -2.12. The number of anilines is 2. The van der Waals surface area contributed by atoms with E-state index in [0.717, 1.165) is 11.4 Å². The van der Waals surface area contributed by atoms with Crippen molar-refractivity contribution in [1.29, 1.82) is 0 Å². The molecule has 0 fully saturated rings. The second kappa shape index (κ2) is 4.89. The van der Waals surface area contributed by atoms with E-state index < -0.39 is 0 Å². The maximum atomic E-state index is 5.59. The maximum Gasteiger partial charge on any atom is 0.225 e. The van der Waals surface area contributed by atoms with Crippen LogP contribution in [-0.2, 0) is 0 Å². The van der Waals surface area contributed by atoms with Gasteiger partial charge in [-0.25, -0.2) is 9.97 Å². The van der Waals surface area contributed by atoms with Gasteiger partial charge in [0, 0.05) is 17.8 Å². The van der Waals surface area contributed by atoms with Gasteiger partial charge in [-0.05, 0) is 12.5 Å². The van der Waals surface area contributed by atoms with Crippen LogP contribution in [0, 0.1) is 0 Å². The molecule has 0 saturated carbocycles. The number of hydrogen-bond acceptors (Lipinski definition) is 6. The molecule has 84 valence electrons. The standard InChI is InChI=1S/C10H13N5S/c1-2-7(9-12-5-6-16-9)14-10-13-4-3-8(11)15-10/h3-7H,2H2,1H3,(H3,11,13,14,15). The first-order valence-corrected chi connectivity index (χ1v) is 5.92. The van der Waals surface area contributed by atoms with Crippen molar-refractivity contribution in [1.82, 2.24) is 15.0 Å². The Kier molecular flexibility index (Phi) is 3.31. The summed E-state index contributed by atoms with van der Waals surface area (Å²) in [6, 6.07) is 1.80. The Balaban J connectivity index is 2.13. The average molecular weight is 235 g/mol. The lowest BCUT2D eigenvalue weighted by atomic mass is 10.2. The highest BCUT2D eigenvalue weighted by Crippen LogP contribution is 2.22. The quantitative estimate of drug-likeness (QED) is 0.848. The summed E-state index contributed by atoms with van der Waals surface area (Å²) in [7, 11) is 0. The van der Waals surface area contributed by atoms with Crippen LogP contribution in [0.3, 0.4) is 0 Å². The first kappa shape index (κ1) is 10.8. The molecular formula is C10H13N5S. The lowest BCUT2D eigenvalue weighted by Gasteiger charge is -2.13. The molecule has 0 saturated heterocycles. The van der Waals surface area contributed by atoms with Crippen LogP contribution in [-0.4, -0.2) is 15.0 Å². The summed E-state index contributed by atoms with van der Waals surface area (Å²) < 4.78 is 0. The summed E-state index contributed by atoms with van der Waals surface area (Å²) in [6.45, 7) is 2.09. The fourth-order valence-electron chi connectivity index (χ4n) is 1.34. The van der Waals surface area contributed by atoms with E-state index in [-0.39, 0.29) is 6.04 Å². The third kappa shape index (κ3) is 2.46. The summed E-state index contributed by atoms with van der Waals surface area (Å²) in [5, 5.41) is 6.21. The summed E-state index contributed by atoms with van der Waals surface area (Å²) in [4.78, 5) is 12.5. The molecule has 0 radical (unpaired) electrons. The molecule has 2 heterocycles. The number of nitrogens with one attached hydrogen (secondary N) is 1. The van der Waals surface area contributed by atoms with Gasteiger partial charge in [-0.15, -0.1) is 11.3 Å². The van der Waals surface area contributed by atoms with E-state index in [1.165, 1.54) is 0 Å². The number of nitrogen functional groups attached to an aromatic ring is 1. The Morgan fingerprint density at radius 3 is 2.94 bits per heavy atom. The van der Waals surface area contributed by atoms with Crippen molar-refractivity contribution >= 4 is 23.1 Å². The highest BCUT2D eigenvalue weighted by atomic mass is 32.1. The molecule has 2 aromatic heterocycles. The van der Waals surface area contributed by atoms with Gasteiger partial charge >= 0.3 is 0 Å². The van der Waals surface area contributed by atoms with Gasteiger partial charge in [-0.2, -0.15) is 4.98 Å². The molecule has 0 bridgehead atoms. The first-order valence-electron chi connectivity index (χ1n) is 5.04. The molecule has 6 heteroatoms. The highest BCUT2D eigenvalue weighted by Gasteiger charge is 2.12. The van der Waals surface area contributed by atoms with Crippen LogP contribution in [0.25, 0.3) is 0 Å². The first-order chi connectivity index (χ1) is 7.79. The van der Waals surface area contributed by atoms with E-state index in [1.807, 2.05) is 5.38 Å². The molecule has 0 spiro atoms. The monoisotopic (exact) mass is 235 g/mol. The van der Waals surface area contributed by atoms with Crippen LogP contribution in [0.1, 0.15) is 24.4 Å². The lowest BCUT2D eigenvalue weighted by molar-refractivity contribution is 0.732. The van der Waals surface area contributed by atoms with Crippen molar-refractivity contribution in [3.8, 4) is 0 Å². The van der Waals surface area contributed by atoms with Gasteiger partial charge < -0.3 is 11.1 Å². The fourth-order valence-corrected chi connectivity index (χ4v) is 2.12. The Hall–Kier alpha value is -1.69. The van der Waals surface area contributed by atoms with Crippen molar-refractivity contribution in [2.45, 2.75) is 19.4 Å². The molecule has 2 aromatic rings. The van der Waals surface area contributed by atoms with Crippen molar-refractivity contribution in [3.05, 3.63) is 28.8 Å². The van der Waals surface area contributed by atoms with E-state index in [2.05, 4.69) is 27.2 Å². The van der Waals surface area contributed by atoms with Crippen molar-refractivity contribution in [3.63, 3.8) is 0 Å². The van der Waals surface area contributed by atoms with E-state index >= 15 is 0 Å². The van der Waals surface area contributed by atoms with Crippen LogP contribution in [0.2, 0.25) is 0 Å². The van der Waals surface area contributed by atoms with Crippen LogP contribution in [0.15, 0.2) is 23.8 Å². The number of rotatable bonds is 4. The SMILES string of the molecule is CCC(Nc1nccc(N)n1)c1nccs1. The minimum Gasteiger partial charge on any atom is -0.384 e. The number of thiazole rings is 1. The van der Waals surface area contributed by atoms with Crippen LogP contribution >= 0.6 is 11.3 Å². The molecule has 0 amide bonds. The second-order valence-corrected chi connectivity index (χ2v) is 4.21. The number of nitrogens with two attached hydrogens (primary N) is 1. The number of hydrogen-bond donors (Lipinski definition) is 2. The smallest absolute Gasteiger partial charge is 0.225 e. The van der Waals surface area contributed by atoms with Gasteiger partial charge in [0.2, 0.25) is 5.95 Å². The topological polar surface area (TPSA) is 76.7 Å². The van der Waals surface area contributed by atoms with Gasteiger partial charge in [0.25, 0.3) is 0 Å². The van der Waals surface area contributed by atoms with Gasteiger partial charge in [-0.3, -0.25) is 0 Å². The Morgan fingerprint density at radius 2 is 2.31 bits per heavy atom. The molecule has 0 aliphatic rings. The Bertz CT molecular complexity index is 442. The van der Waals surface area contributed by atoms with Crippen LogP contribution in [0.4, 0.5) is 11.8 Å². The van der Waals surface area contributed by atoms with Gasteiger partial charge in [0.15, 0.2) is 0 Å². The van der Waals surface area contributed by atoms with Crippen LogP contribution < -0.4 is 11.1 Å². The van der Waals surface area contributed by atoms with E-state index in [9.17, 15) is 0 Å². The predicted octanol–water partition coefficient (Wildman–Crippen LogP) is 2.08.